The average Bonchev–Trinajstić information content (AvgIpc) is 2.43. The van der Waals surface area contributed by atoms with Crippen LogP contribution in [0.4, 0.5) is 11.4 Å². The van der Waals surface area contributed by atoms with Crippen molar-refractivity contribution in [3.05, 3.63) is 42.7 Å². The van der Waals surface area contributed by atoms with Gasteiger partial charge in [0.15, 0.2) is 0 Å². The van der Waals surface area contributed by atoms with Crippen molar-refractivity contribution < 1.29 is 0 Å². The summed E-state index contributed by atoms with van der Waals surface area (Å²) in [4.78, 5) is 11.6. The van der Waals surface area contributed by atoms with Crippen LogP contribution in [-0.2, 0) is 0 Å². The molecule has 1 aromatic heterocycles. The van der Waals surface area contributed by atoms with Gasteiger partial charge < -0.3 is 9.80 Å². The molecule has 3 nitrogen and oxygen atoms in total. The molecule has 0 spiro atoms. The number of rotatable bonds is 3. The summed E-state index contributed by atoms with van der Waals surface area (Å²) in [6.45, 7) is 3.27. The van der Waals surface area contributed by atoms with E-state index in [0.717, 1.165) is 6.54 Å². The molecule has 0 fully saturated rings. The monoisotopic (exact) mass is 285 g/mol. The minimum Gasteiger partial charge on any atom is -0.334 e. The Hall–Kier alpha value is -1.52. The van der Waals surface area contributed by atoms with Crippen molar-refractivity contribution in [1.29, 1.82) is 0 Å². The van der Waals surface area contributed by atoms with Crippen molar-refractivity contribution in [2.24, 2.45) is 0 Å². The van der Waals surface area contributed by atoms with Gasteiger partial charge in [-0.05, 0) is 39.2 Å². The molecule has 1 atom stereocenters. The van der Waals surface area contributed by atoms with Crippen molar-refractivity contribution in [1.82, 2.24) is 9.88 Å². The number of benzene rings is 1. The number of anilines is 2. The first-order chi connectivity index (χ1) is 9.66. The molecule has 0 aliphatic carbocycles. The van der Waals surface area contributed by atoms with Crippen LogP contribution in [-0.4, -0.2) is 36.6 Å². The maximum atomic E-state index is 4.31. The molecule has 0 radical (unpaired) electrons. The lowest BCUT2D eigenvalue weighted by atomic mass is 10.1. The Morgan fingerprint density at radius 1 is 1.15 bits per heavy atom. The van der Waals surface area contributed by atoms with Gasteiger partial charge in [0.05, 0.1) is 17.6 Å². The molecular formula is C16H19N3S. The number of nitrogens with zero attached hydrogens (tertiary/aromatic N) is 3. The third-order valence-electron chi connectivity index (χ3n) is 3.44. The fraction of sp³-hybridized carbons (Fsp3) is 0.312. The van der Waals surface area contributed by atoms with Gasteiger partial charge in [0, 0.05) is 28.6 Å². The third kappa shape index (κ3) is 2.41. The first-order valence-corrected chi connectivity index (χ1v) is 7.63. The van der Waals surface area contributed by atoms with Gasteiger partial charge in [-0.1, -0.05) is 23.9 Å². The van der Waals surface area contributed by atoms with Gasteiger partial charge in [0.25, 0.3) is 0 Å². The Kier molecular flexibility index (Phi) is 3.68. The van der Waals surface area contributed by atoms with Crippen molar-refractivity contribution in [3.8, 4) is 0 Å². The van der Waals surface area contributed by atoms with E-state index in [0.29, 0.717) is 6.04 Å². The fourth-order valence-corrected chi connectivity index (χ4v) is 3.76. The fourth-order valence-electron chi connectivity index (χ4n) is 2.72. The quantitative estimate of drug-likeness (QED) is 0.857. The summed E-state index contributed by atoms with van der Waals surface area (Å²) in [6.07, 6.45) is 3.85. The van der Waals surface area contributed by atoms with E-state index in [9.17, 15) is 0 Å². The summed E-state index contributed by atoms with van der Waals surface area (Å²) >= 11 is 1.83. The molecule has 0 saturated carbocycles. The molecule has 0 N–H and O–H groups in total. The van der Waals surface area contributed by atoms with Gasteiger partial charge in [0.1, 0.15) is 0 Å². The Morgan fingerprint density at radius 3 is 2.70 bits per heavy atom. The normalized spacial score (nSPS) is 14.9. The molecule has 2 aromatic rings. The van der Waals surface area contributed by atoms with Crippen molar-refractivity contribution in [2.75, 3.05) is 25.5 Å². The summed E-state index contributed by atoms with van der Waals surface area (Å²) in [5.41, 5.74) is 2.50. The highest BCUT2D eigenvalue weighted by atomic mass is 32.2. The van der Waals surface area contributed by atoms with Crippen LogP contribution in [0.5, 0.6) is 0 Å². The van der Waals surface area contributed by atoms with Crippen molar-refractivity contribution in [3.63, 3.8) is 0 Å². The first-order valence-electron chi connectivity index (χ1n) is 6.81. The number of para-hydroxylation sites is 1. The molecule has 20 heavy (non-hydrogen) atoms. The number of hydrogen-bond acceptors (Lipinski definition) is 4. The van der Waals surface area contributed by atoms with Crippen LogP contribution >= 0.6 is 11.8 Å². The maximum Gasteiger partial charge on any atom is 0.0742 e. The van der Waals surface area contributed by atoms with Gasteiger partial charge in [-0.15, -0.1) is 0 Å². The van der Waals surface area contributed by atoms with E-state index in [-0.39, 0.29) is 0 Å². The summed E-state index contributed by atoms with van der Waals surface area (Å²) in [5.74, 6) is 0. The molecule has 4 heteroatoms. The molecule has 0 amide bonds. The van der Waals surface area contributed by atoms with Gasteiger partial charge in [-0.2, -0.15) is 0 Å². The number of pyridine rings is 1. The molecule has 1 aliphatic rings. The summed E-state index contributed by atoms with van der Waals surface area (Å²) in [5, 5.41) is 0. The zero-order chi connectivity index (χ0) is 14.1. The maximum absolute atomic E-state index is 4.31. The lowest BCUT2D eigenvalue weighted by Gasteiger charge is -2.37. The predicted octanol–water partition coefficient (Wildman–Crippen LogP) is 3.63. The minimum absolute atomic E-state index is 0.398. The highest BCUT2D eigenvalue weighted by Crippen LogP contribution is 2.48. The zero-order valence-corrected chi connectivity index (χ0v) is 12.9. The molecule has 2 heterocycles. The molecule has 3 rings (SSSR count). The topological polar surface area (TPSA) is 19.4 Å². The third-order valence-corrected chi connectivity index (χ3v) is 4.57. The number of aromatic nitrogens is 1. The van der Waals surface area contributed by atoms with E-state index >= 15 is 0 Å². The highest BCUT2D eigenvalue weighted by Gasteiger charge is 2.27. The van der Waals surface area contributed by atoms with E-state index in [1.165, 1.54) is 21.2 Å². The number of fused-ring (bicyclic) bond motifs is 2. The predicted molar refractivity (Wildman–Crippen MR) is 85.0 cm³/mol. The van der Waals surface area contributed by atoms with E-state index < -0.39 is 0 Å². The van der Waals surface area contributed by atoms with Gasteiger partial charge in [-0.25, -0.2) is 0 Å². The Bertz CT molecular complexity index is 567. The SMILES string of the molecule is CC(CN(C)C)N1c2ccccc2Sc2ccncc21. The lowest BCUT2D eigenvalue weighted by molar-refractivity contribution is 0.380. The minimum atomic E-state index is 0.398. The van der Waals surface area contributed by atoms with Crippen LogP contribution in [0.25, 0.3) is 0 Å². The van der Waals surface area contributed by atoms with Crippen molar-refractivity contribution in [2.45, 2.75) is 22.8 Å². The molecule has 104 valence electrons. The smallest absolute Gasteiger partial charge is 0.0742 e. The van der Waals surface area contributed by atoms with E-state index in [1.807, 2.05) is 24.2 Å². The standard InChI is InChI=1S/C16H19N3S/c1-12(11-18(2)3)19-13-6-4-5-7-15(13)20-16-8-9-17-10-14(16)19/h4-10,12H,11H2,1-3H3. The second kappa shape index (κ2) is 5.46. The largest absolute Gasteiger partial charge is 0.334 e. The van der Waals surface area contributed by atoms with Crippen LogP contribution in [0, 0.1) is 0 Å². The molecular weight excluding hydrogens is 266 g/mol. The van der Waals surface area contributed by atoms with Gasteiger partial charge in [-0.3, -0.25) is 4.98 Å². The van der Waals surface area contributed by atoms with Crippen LogP contribution in [0.3, 0.4) is 0 Å². The Balaban J connectivity index is 2.07. The van der Waals surface area contributed by atoms with E-state index in [1.54, 1.807) is 0 Å². The van der Waals surface area contributed by atoms with Gasteiger partial charge >= 0.3 is 0 Å². The lowest BCUT2D eigenvalue weighted by Crippen LogP contribution is -2.38. The molecule has 0 saturated heterocycles. The number of likely N-dealkylation sites (N-methyl/N-ethyl adjacent to an activating group) is 1. The van der Waals surface area contributed by atoms with Crippen LogP contribution in [0.1, 0.15) is 6.92 Å². The first kappa shape index (κ1) is 13.5. The Labute approximate surface area is 124 Å². The zero-order valence-electron chi connectivity index (χ0n) is 12.1. The summed E-state index contributed by atoms with van der Waals surface area (Å²) in [7, 11) is 4.23. The van der Waals surface area contributed by atoms with Crippen LogP contribution < -0.4 is 4.90 Å². The molecule has 1 aliphatic heterocycles. The van der Waals surface area contributed by atoms with E-state index in [4.69, 9.17) is 0 Å². The van der Waals surface area contributed by atoms with Crippen molar-refractivity contribution >= 4 is 23.1 Å². The average molecular weight is 285 g/mol. The summed E-state index contributed by atoms with van der Waals surface area (Å²) < 4.78 is 0. The highest BCUT2D eigenvalue weighted by molar-refractivity contribution is 7.99. The van der Waals surface area contributed by atoms with Gasteiger partial charge in [0.2, 0.25) is 0 Å². The van der Waals surface area contributed by atoms with Crippen LogP contribution in [0.15, 0.2) is 52.5 Å². The van der Waals surface area contributed by atoms with E-state index in [2.05, 4.69) is 66.1 Å². The second-order valence-corrected chi connectivity index (χ2v) is 6.48. The molecule has 1 aromatic carbocycles. The van der Waals surface area contributed by atoms with Crippen LogP contribution in [0.2, 0.25) is 0 Å². The number of hydrogen-bond donors (Lipinski definition) is 0. The summed E-state index contributed by atoms with van der Waals surface area (Å²) in [6, 6.07) is 11.1. The Morgan fingerprint density at radius 2 is 1.90 bits per heavy atom. The molecule has 0 bridgehead atoms. The molecule has 1 unspecified atom stereocenters. The second-order valence-electron chi connectivity index (χ2n) is 5.39.